The number of hydrogen-bond donors (Lipinski definition) is 1. The van der Waals surface area contributed by atoms with Crippen LogP contribution in [0.25, 0.3) is 0 Å². The van der Waals surface area contributed by atoms with Gasteiger partial charge in [-0.2, -0.15) is 17.0 Å². The van der Waals surface area contributed by atoms with E-state index in [4.69, 9.17) is 4.74 Å². The summed E-state index contributed by atoms with van der Waals surface area (Å²) in [5.74, 6) is 0. The Kier molecular flexibility index (Phi) is 6.49. The van der Waals surface area contributed by atoms with Gasteiger partial charge in [0.1, 0.15) is 0 Å². The largest absolute Gasteiger partial charge is 0.373 e. The first-order valence-corrected chi connectivity index (χ1v) is 8.01. The van der Waals surface area contributed by atoms with Gasteiger partial charge in [-0.25, -0.2) is 0 Å². The van der Waals surface area contributed by atoms with Crippen molar-refractivity contribution in [3.05, 3.63) is 0 Å². The van der Waals surface area contributed by atoms with Gasteiger partial charge in [-0.15, -0.1) is 12.4 Å². The summed E-state index contributed by atoms with van der Waals surface area (Å²) in [6.07, 6.45) is 0.802. The van der Waals surface area contributed by atoms with Gasteiger partial charge in [0, 0.05) is 32.7 Å². The summed E-state index contributed by atoms with van der Waals surface area (Å²) in [5, 5.41) is 3.22. The minimum Gasteiger partial charge on any atom is -0.373 e. The molecule has 8 heteroatoms. The van der Waals surface area contributed by atoms with Crippen molar-refractivity contribution in [2.75, 3.05) is 39.3 Å². The summed E-state index contributed by atoms with van der Waals surface area (Å²) in [6, 6.07) is 0. The monoisotopic (exact) mass is 313 g/mol. The van der Waals surface area contributed by atoms with Crippen LogP contribution in [0.4, 0.5) is 0 Å². The molecule has 0 aromatic heterocycles. The number of nitrogens with one attached hydrogen (secondary N) is 1. The first kappa shape index (κ1) is 17.1. The first-order valence-electron chi connectivity index (χ1n) is 6.61. The van der Waals surface area contributed by atoms with E-state index < -0.39 is 10.2 Å². The Hall–Kier alpha value is 0.0800. The average molecular weight is 314 g/mol. The Balaban J connectivity index is 0.00000180. The fraction of sp³-hybridized carbons (Fsp3) is 1.00. The lowest BCUT2D eigenvalue weighted by atomic mass is 10.3. The highest BCUT2D eigenvalue weighted by atomic mass is 35.5. The predicted molar refractivity (Wildman–Crippen MR) is 76.8 cm³/mol. The van der Waals surface area contributed by atoms with Crippen molar-refractivity contribution in [1.82, 2.24) is 13.9 Å². The zero-order chi connectivity index (χ0) is 13.2. The molecule has 2 aliphatic rings. The Morgan fingerprint density at radius 1 is 1.05 bits per heavy atom. The van der Waals surface area contributed by atoms with Crippen LogP contribution in [0.15, 0.2) is 0 Å². The van der Waals surface area contributed by atoms with Crippen LogP contribution in [0.3, 0.4) is 0 Å². The number of rotatable bonds is 2. The van der Waals surface area contributed by atoms with E-state index in [-0.39, 0.29) is 24.6 Å². The number of morpholine rings is 1. The van der Waals surface area contributed by atoms with Gasteiger partial charge in [0.05, 0.1) is 12.2 Å². The van der Waals surface area contributed by atoms with Crippen molar-refractivity contribution < 1.29 is 13.2 Å². The molecular formula is C11H24ClN3O3S. The molecule has 0 amide bonds. The third-order valence-corrected chi connectivity index (χ3v) is 5.31. The molecule has 0 saturated carbocycles. The quantitative estimate of drug-likeness (QED) is 0.783. The van der Waals surface area contributed by atoms with Gasteiger partial charge >= 0.3 is 0 Å². The normalized spacial score (nSPS) is 31.5. The summed E-state index contributed by atoms with van der Waals surface area (Å²) < 4.78 is 33.9. The van der Waals surface area contributed by atoms with E-state index in [2.05, 4.69) is 5.32 Å². The fourth-order valence-corrected chi connectivity index (χ4v) is 4.34. The highest BCUT2D eigenvalue weighted by Crippen LogP contribution is 2.17. The molecule has 2 unspecified atom stereocenters. The Labute approximate surface area is 122 Å². The second-order valence-corrected chi connectivity index (χ2v) is 7.01. The van der Waals surface area contributed by atoms with Crippen molar-refractivity contribution in [3.63, 3.8) is 0 Å². The minimum absolute atomic E-state index is 0. The Bertz CT molecular complexity index is 361. The Morgan fingerprint density at radius 2 is 1.68 bits per heavy atom. The molecule has 0 spiro atoms. The fourth-order valence-electron chi connectivity index (χ4n) is 2.53. The first-order chi connectivity index (χ1) is 8.50. The Morgan fingerprint density at radius 3 is 2.32 bits per heavy atom. The van der Waals surface area contributed by atoms with E-state index in [1.54, 1.807) is 8.61 Å². The molecule has 0 aromatic rings. The van der Waals surface area contributed by atoms with Crippen molar-refractivity contribution >= 4 is 22.6 Å². The topological polar surface area (TPSA) is 61.9 Å². The van der Waals surface area contributed by atoms with E-state index in [1.165, 1.54) is 0 Å². The van der Waals surface area contributed by atoms with Crippen molar-refractivity contribution in [2.24, 2.45) is 0 Å². The molecule has 0 bridgehead atoms. The average Bonchev–Trinajstić information content (AvgIpc) is 2.56. The second kappa shape index (κ2) is 7.19. The van der Waals surface area contributed by atoms with E-state index in [9.17, 15) is 8.42 Å². The molecule has 114 valence electrons. The van der Waals surface area contributed by atoms with Gasteiger partial charge in [0.25, 0.3) is 10.2 Å². The van der Waals surface area contributed by atoms with Crippen LogP contribution in [-0.4, -0.2) is 68.5 Å². The second-order valence-electron chi connectivity index (χ2n) is 5.08. The van der Waals surface area contributed by atoms with Crippen LogP contribution in [0.2, 0.25) is 0 Å². The molecule has 2 saturated heterocycles. The molecule has 2 fully saturated rings. The lowest BCUT2D eigenvalue weighted by molar-refractivity contribution is -0.0454. The van der Waals surface area contributed by atoms with E-state index in [0.29, 0.717) is 26.2 Å². The third-order valence-electron chi connectivity index (χ3n) is 3.34. The highest BCUT2D eigenvalue weighted by Gasteiger charge is 2.35. The molecule has 2 atom stereocenters. The van der Waals surface area contributed by atoms with E-state index in [0.717, 1.165) is 19.5 Å². The SMILES string of the molecule is CC1CN(S(=O)(=O)N2CCCNCC2)CC(C)O1.Cl. The maximum absolute atomic E-state index is 12.6. The van der Waals surface area contributed by atoms with Gasteiger partial charge in [-0.3, -0.25) is 0 Å². The van der Waals surface area contributed by atoms with Crippen LogP contribution in [-0.2, 0) is 14.9 Å². The molecule has 2 heterocycles. The van der Waals surface area contributed by atoms with E-state index >= 15 is 0 Å². The predicted octanol–water partition coefficient (Wildman–Crippen LogP) is 0.0575. The standard InChI is InChI=1S/C11H23N3O3S.ClH/c1-10-8-14(9-11(2)17-10)18(15,16)13-6-3-4-12-5-7-13;/h10-12H,3-9H2,1-2H3;1H. The molecule has 0 radical (unpaired) electrons. The number of hydrogen-bond acceptors (Lipinski definition) is 4. The summed E-state index contributed by atoms with van der Waals surface area (Å²) in [4.78, 5) is 0. The van der Waals surface area contributed by atoms with Crippen molar-refractivity contribution in [2.45, 2.75) is 32.5 Å². The van der Waals surface area contributed by atoms with Gasteiger partial charge in [-0.1, -0.05) is 0 Å². The molecule has 1 N–H and O–H groups in total. The summed E-state index contributed by atoms with van der Waals surface area (Å²) in [6.45, 7) is 7.53. The van der Waals surface area contributed by atoms with Gasteiger partial charge < -0.3 is 10.1 Å². The van der Waals surface area contributed by atoms with Crippen molar-refractivity contribution in [1.29, 1.82) is 0 Å². The minimum atomic E-state index is -3.33. The third kappa shape index (κ3) is 4.27. The summed E-state index contributed by atoms with van der Waals surface area (Å²) in [5.41, 5.74) is 0. The number of nitrogens with zero attached hydrogens (tertiary/aromatic N) is 2. The molecule has 6 nitrogen and oxygen atoms in total. The van der Waals surface area contributed by atoms with Crippen LogP contribution in [0.1, 0.15) is 20.3 Å². The van der Waals surface area contributed by atoms with Crippen LogP contribution in [0, 0.1) is 0 Å². The molecule has 19 heavy (non-hydrogen) atoms. The lowest BCUT2D eigenvalue weighted by Gasteiger charge is -2.37. The molecule has 2 rings (SSSR count). The zero-order valence-electron chi connectivity index (χ0n) is 11.5. The van der Waals surface area contributed by atoms with Crippen LogP contribution >= 0.6 is 12.4 Å². The molecular weight excluding hydrogens is 290 g/mol. The van der Waals surface area contributed by atoms with Crippen LogP contribution in [0.5, 0.6) is 0 Å². The molecule has 0 aromatic carbocycles. The maximum atomic E-state index is 12.6. The maximum Gasteiger partial charge on any atom is 0.282 e. The smallest absolute Gasteiger partial charge is 0.282 e. The number of ether oxygens (including phenoxy) is 1. The van der Waals surface area contributed by atoms with Gasteiger partial charge in [0.15, 0.2) is 0 Å². The highest BCUT2D eigenvalue weighted by molar-refractivity contribution is 7.86. The lowest BCUT2D eigenvalue weighted by Crippen LogP contribution is -2.53. The summed E-state index contributed by atoms with van der Waals surface area (Å²) >= 11 is 0. The summed E-state index contributed by atoms with van der Waals surface area (Å²) in [7, 11) is -3.33. The molecule has 2 aliphatic heterocycles. The van der Waals surface area contributed by atoms with Gasteiger partial charge in [0.2, 0.25) is 0 Å². The van der Waals surface area contributed by atoms with E-state index in [1.807, 2.05) is 13.8 Å². The zero-order valence-corrected chi connectivity index (χ0v) is 13.2. The molecule has 0 aliphatic carbocycles. The number of halogens is 1. The van der Waals surface area contributed by atoms with Crippen molar-refractivity contribution in [3.8, 4) is 0 Å². The van der Waals surface area contributed by atoms with Gasteiger partial charge in [-0.05, 0) is 26.8 Å². The van der Waals surface area contributed by atoms with Crippen LogP contribution < -0.4 is 5.32 Å².